The zero-order chi connectivity index (χ0) is 23.1. The number of ether oxygens (including phenoxy) is 2. The summed E-state index contributed by atoms with van der Waals surface area (Å²) in [6.07, 6.45) is 1.72. The van der Waals surface area contributed by atoms with Gasteiger partial charge in [-0.3, -0.25) is 4.79 Å². The van der Waals surface area contributed by atoms with Gasteiger partial charge >= 0.3 is 6.03 Å². The van der Waals surface area contributed by atoms with Crippen LogP contribution in [0, 0.1) is 5.92 Å². The highest BCUT2D eigenvalue weighted by molar-refractivity contribution is 6.31. The fourth-order valence-corrected chi connectivity index (χ4v) is 3.83. The molecule has 9 heteroatoms. The molecule has 1 saturated heterocycles. The van der Waals surface area contributed by atoms with Gasteiger partial charge in [0.25, 0.3) is 0 Å². The Balaban J connectivity index is 1.44. The maximum absolute atomic E-state index is 12.5. The molecule has 0 aliphatic carbocycles. The SMILES string of the molecule is COc1ccc(CCNC(=O)N2CCC(C(=O)Nc3cc(Cl)ccc3O)CC2)c(OC)c1. The fraction of sp³-hybridized carbons (Fsp3) is 0.391. The Morgan fingerprint density at radius 1 is 1.12 bits per heavy atom. The van der Waals surface area contributed by atoms with Gasteiger partial charge in [-0.1, -0.05) is 17.7 Å². The van der Waals surface area contributed by atoms with E-state index in [0.29, 0.717) is 49.7 Å². The number of urea groups is 1. The number of carbonyl (C=O) groups is 2. The molecular formula is C23H28ClN3O5. The predicted molar refractivity (Wildman–Crippen MR) is 123 cm³/mol. The summed E-state index contributed by atoms with van der Waals surface area (Å²) in [4.78, 5) is 26.8. The summed E-state index contributed by atoms with van der Waals surface area (Å²) in [6, 6.07) is 9.94. The van der Waals surface area contributed by atoms with Gasteiger partial charge in [0.05, 0.1) is 19.9 Å². The molecule has 32 heavy (non-hydrogen) atoms. The van der Waals surface area contributed by atoms with Crippen LogP contribution in [-0.4, -0.2) is 55.8 Å². The number of phenolic OH excluding ortho intramolecular Hbond substituents is 1. The van der Waals surface area contributed by atoms with Crippen molar-refractivity contribution >= 4 is 29.2 Å². The van der Waals surface area contributed by atoms with Crippen LogP contribution in [-0.2, 0) is 11.2 Å². The second-order valence-electron chi connectivity index (χ2n) is 7.57. The molecule has 3 rings (SSSR count). The minimum absolute atomic E-state index is 0.0342. The van der Waals surface area contributed by atoms with Crippen molar-refractivity contribution in [3.05, 3.63) is 47.0 Å². The number of likely N-dealkylation sites (tertiary alicyclic amines) is 1. The van der Waals surface area contributed by atoms with E-state index in [1.54, 1.807) is 25.2 Å². The van der Waals surface area contributed by atoms with Gasteiger partial charge in [-0.15, -0.1) is 0 Å². The fourth-order valence-electron chi connectivity index (χ4n) is 3.66. The van der Waals surface area contributed by atoms with E-state index < -0.39 is 0 Å². The lowest BCUT2D eigenvalue weighted by atomic mass is 9.96. The van der Waals surface area contributed by atoms with Crippen LogP contribution in [0.25, 0.3) is 0 Å². The largest absolute Gasteiger partial charge is 0.506 e. The predicted octanol–water partition coefficient (Wildman–Crippen LogP) is 3.67. The molecule has 0 atom stereocenters. The quantitative estimate of drug-likeness (QED) is 0.546. The number of halogens is 1. The zero-order valence-electron chi connectivity index (χ0n) is 18.2. The second kappa shape index (κ2) is 10.9. The van der Waals surface area contributed by atoms with Crippen LogP contribution in [0.5, 0.6) is 17.2 Å². The second-order valence-corrected chi connectivity index (χ2v) is 8.01. The molecule has 3 amide bonds. The maximum Gasteiger partial charge on any atom is 0.317 e. The summed E-state index contributed by atoms with van der Waals surface area (Å²) < 4.78 is 10.6. The minimum Gasteiger partial charge on any atom is -0.506 e. The van der Waals surface area contributed by atoms with Gasteiger partial charge in [0.1, 0.15) is 17.2 Å². The van der Waals surface area contributed by atoms with E-state index in [2.05, 4.69) is 10.6 Å². The van der Waals surface area contributed by atoms with Crippen LogP contribution < -0.4 is 20.1 Å². The molecule has 3 N–H and O–H groups in total. The van der Waals surface area contributed by atoms with E-state index in [0.717, 1.165) is 11.3 Å². The van der Waals surface area contributed by atoms with Crippen molar-refractivity contribution in [2.75, 3.05) is 39.2 Å². The van der Waals surface area contributed by atoms with Crippen molar-refractivity contribution in [3.8, 4) is 17.2 Å². The topological polar surface area (TPSA) is 100 Å². The molecular weight excluding hydrogens is 434 g/mol. The van der Waals surface area contributed by atoms with Crippen molar-refractivity contribution in [1.29, 1.82) is 0 Å². The number of phenols is 1. The summed E-state index contributed by atoms with van der Waals surface area (Å²) in [5.41, 5.74) is 1.27. The summed E-state index contributed by atoms with van der Waals surface area (Å²) in [6.45, 7) is 1.44. The Kier molecular flexibility index (Phi) is 8.05. The standard InChI is InChI=1S/C23H28ClN3O5/c1-31-18-5-3-15(21(14-18)32-2)7-10-25-23(30)27-11-8-16(9-12-27)22(29)26-19-13-17(24)4-6-20(19)28/h3-6,13-14,16,28H,7-12H2,1-2H3,(H,25,30)(H,26,29). The molecule has 172 valence electrons. The number of hydrogen-bond donors (Lipinski definition) is 3. The Morgan fingerprint density at radius 2 is 1.88 bits per heavy atom. The normalized spacial score (nSPS) is 14.0. The third-order valence-corrected chi connectivity index (χ3v) is 5.77. The molecule has 0 aromatic heterocycles. The van der Waals surface area contributed by atoms with Crippen molar-refractivity contribution < 1.29 is 24.2 Å². The summed E-state index contributed by atoms with van der Waals surface area (Å²) >= 11 is 5.93. The first kappa shape index (κ1) is 23.5. The van der Waals surface area contributed by atoms with Gasteiger partial charge in [-0.2, -0.15) is 0 Å². The number of rotatable bonds is 7. The van der Waals surface area contributed by atoms with E-state index in [9.17, 15) is 14.7 Å². The van der Waals surface area contributed by atoms with Gasteiger partial charge in [0.2, 0.25) is 5.91 Å². The summed E-state index contributed by atoms with van der Waals surface area (Å²) in [5, 5.41) is 16.0. The van der Waals surface area contributed by atoms with E-state index in [1.165, 1.54) is 12.1 Å². The number of piperidine rings is 1. The lowest BCUT2D eigenvalue weighted by Crippen LogP contribution is -2.46. The lowest BCUT2D eigenvalue weighted by molar-refractivity contribution is -0.121. The van der Waals surface area contributed by atoms with Gasteiger partial charge in [0.15, 0.2) is 0 Å². The van der Waals surface area contributed by atoms with Gasteiger partial charge in [-0.05, 0) is 49.1 Å². The van der Waals surface area contributed by atoms with Crippen molar-refractivity contribution in [1.82, 2.24) is 10.2 Å². The van der Waals surface area contributed by atoms with Crippen LogP contribution in [0.15, 0.2) is 36.4 Å². The number of aromatic hydroxyl groups is 1. The van der Waals surface area contributed by atoms with Crippen molar-refractivity contribution in [3.63, 3.8) is 0 Å². The van der Waals surface area contributed by atoms with E-state index in [-0.39, 0.29) is 29.3 Å². The van der Waals surface area contributed by atoms with Crippen LogP contribution in [0.2, 0.25) is 5.02 Å². The van der Waals surface area contributed by atoms with Gasteiger partial charge in [0, 0.05) is 36.6 Å². The molecule has 0 unspecified atom stereocenters. The lowest BCUT2D eigenvalue weighted by Gasteiger charge is -2.31. The highest BCUT2D eigenvalue weighted by Gasteiger charge is 2.27. The molecule has 1 aliphatic heterocycles. The first-order valence-corrected chi connectivity index (χ1v) is 10.8. The van der Waals surface area contributed by atoms with Gasteiger partial charge < -0.3 is 30.1 Å². The van der Waals surface area contributed by atoms with E-state index >= 15 is 0 Å². The molecule has 0 saturated carbocycles. The van der Waals surface area contributed by atoms with E-state index in [1.807, 2.05) is 18.2 Å². The van der Waals surface area contributed by atoms with E-state index in [4.69, 9.17) is 21.1 Å². The average Bonchev–Trinajstić information content (AvgIpc) is 2.81. The van der Waals surface area contributed by atoms with Crippen molar-refractivity contribution in [2.45, 2.75) is 19.3 Å². The number of anilines is 1. The van der Waals surface area contributed by atoms with Gasteiger partial charge in [-0.25, -0.2) is 4.79 Å². The number of hydrogen-bond acceptors (Lipinski definition) is 5. The number of amides is 3. The molecule has 1 fully saturated rings. The molecule has 1 aliphatic rings. The molecule has 0 bridgehead atoms. The Bertz CT molecular complexity index is 961. The highest BCUT2D eigenvalue weighted by Crippen LogP contribution is 2.28. The molecule has 2 aromatic rings. The van der Waals surface area contributed by atoms with Crippen LogP contribution in [0.4, 0.5) is 10.5 Å². The number of benzene rings is 2. The number of nitrogens with one attached hydrogen (secondary N) is 2. The first-order valence-electron chi connectivity index (χ1n) is 10.4. The number of methoxy groups -OCH3 is 2. The molecule has 2 aromatic carbocycles. The Labute approximate surface area is 192 Å². The zero-order valence-corrected chi connectivity index (χ0v) is 18.9. The third-order valence-electron chi connectivity index (χ3n) is 5.53. The summed E-state index contributed by atoms with van der Waals surface area (Å²) in [5.74, 6) is 0.978. The third kappa shape index (κ3) is 5.97. The van der Waals surface area contributed by atoms with Crippen molar-refractivity contribution in [2.24, 2.45) is 5.92 Å². The smallest absolute Gasteiger partial charge is 0.317 e. The monoisotopic (exact) mass is 461 g/mol. The highest BCUT2D eigenvalue weighted by atomic mass is 35.5. The molecule has 8 nitrogen and oxygen atoms in total. The number of nitrogens with zero attached hydrogens (tertiary/aromatic N) is 1. The summed E-state index contributed by atoms with van der Waals surface area (Å²) in [7, 11) is 3.20. The van der Waals surface area contributed by atoms with Crippen LogP contribution in [0.1, 0.15) is 18.4 Å². The Hall–Kier alpha value is -3.13. The molecule has 0 spiro atoms. The maximum atomic E-state index is 12.5. The average molecular weight is 462 g/mol. The first-order chi connectivity index (χ1) is 15.4. The molecule has 1 heterocycles. The molecule has 0 radical (unpaired) electrons. The number of carbonyl (C=O) groups excluding carboxylic acids is 2. The van der Waals surface area contributed by atoms with Crippen LogP contribution >= 0.6 is 11.6 Å². The minimum atomic E-state index is -0.235. The van der Waals surface area contributed by atoms with Crippen LogP contribution in [0.3, 0.4) is 0 Å². The Morgan fingerprint density at radius 3 is 2.56 bits per heavy atom.